The molecule has 0 spiro atoms. The molecule has 2 rings (SSSR count). The lowest BCUT2D eigenvalue weighted by atomic mass is 10.1. The van der Waals surface area contributed by atoms with Crippen LogP contribution in [0, 0.1) is 0 Å². The van der Waals surface area contributed by atoms with Crippen LogP contribution in [0.25, 0.3) is 11.3 Å². The normalized spacial score (nSPS) is 10.6. The third kappa shape index (κ3) is 1.92. The molecule has 16 heavy (non-hydrogen) atoms. The standard InChI is InChI=1S/C12H13NO3/c1-2-8-3-5-9(6-4-8)11-10(7-13)15-12(14)16-11/h3-6H,2,7,13H2,1H3. The Hall–Kier alpha value is -1.81. The van der Waals surface area contributed by atoms with Gasteiger partial charge in [-0.15, -0.1) is 0 Å². The maximum atomic E-state index is 11.0. The van der Waals surface area contributed by atoms with Crippen LogP contribution in [-0.2, 0) is 13.0 Å². The first-order valence-corrected chi connectivity index (χ1v) is 5.16. The van der Waals surface area contributed by atoms with Gasteiger partial charge in [0.15, 0.2) is 11.5 Å². The number of hydrogen-bond acceptors (Lipinski definition) is 4. The Morgan fingerprint density at radius 1 is 1.19 bits per heavy atom. The van der Waals surface area contributed by atoms with Gasteiger partial charge in [-0.05, 0) is 12.0 Å². The molecule has 1 aromatic heterocycles. The molecule has 0 amide bonds. The molecular weight excluding hydrogens is 206 g/mol. The highest BCUT2D eigenvalue weighted by atomic mass is 16.6. The van der Waals surface area contributed by atoms with E-state index in [0.29, 0.717) is 11.5 Å². The molecule has 2 aromatic rings. The average Bonchev–Trinajstić information content (AvgIpc) is 2.70. The summed E-state index contributed by atoms with van der Waals surface area (Å²) in [4.78, 5) is 11.0. The minimum absolute atomic E-state index is 0.149. The summed E-state index contributed by atoms with van der Waals surface area (Å²) in [6, 6.07) is 7.77. The molecule has 0 saturated heterocycles. The highest BCUT2D eigenvalue weighted by Gasteiger charge is 2.12. The molecule has 0 aliphatic heterocycles. The summed E-state index contributed by atoms with van der Waals surface area (Å²) in [6.07, 6.45) is 0.972. The van der Waals surface area contributed by atoms with Crippen molar-refractivity contribution in [3.05, 3.63) is 46.2 Å². The van der Waals surface area contributed by atoms with Crippen molar-refractivity contribution in [1.29, 1.82) is 0 Å². The van der Waals surface area contributed by atoms with Gasteiger partial charge in [-0.2, -0.15) is 0 Å². The van der Waals surface area contributed by atoms with Gasteiger partial charge in [0.1, 0.15) is 0 Å². The van der Waals surface area contributed by atoms with Crippen LogP contribution in [0.4, 0.5) is 0 Å². The third-order valence-corrected chi connectivity index (χ3v) is 2.45. The molecule has 0 bridgehead atoms. The highest BCUT2D eigenvalue weighted by molar-refractivity contribution is 5.59. The van der Waals surface area contributed by atoms with E-state index in [1.165, 1.54) is 5.56 Å². The lowest BCUT2D eigenvalue weighted by molar-refractivity contribution is 0.376. The number of rotatable bonds is 3. The van der Waals surface area contributed by atoms with E-state index in [-0.39, 0.29) is 6.54 Å². The molecule has 0 atom stereocenters. The molecule has 1 heterocycles. The van der Waals surface area contributed by atoms with Crippen molar-refractivity contribution in [2.45, 2.75) is 19.9 Å². The molecule has 4 nitrogen and oxygen atoms in total. The van der Waals surface area contributed by atoms with Crippen LogP contribution in [0.5, 0.6) is 0 Å². The Kier molecular flexibility index (Phi) is 2.92. The zero-order valence-electron chi connectivity index (χ0n) is 9.03. The van der Waals surface area contributed by atoms with Gasteiger partial charge >= 0.3 is 5.82 Å². The van der Waals surface area contributed by atoms with Crippen LogP contribution >= 0.6 is 0 Å². The van der Waals surface area contributed by atoms with Crippen molar-refractivity contribution >= 4 is 0 Å². The second kappa shape index (κ2) is 4.37. The van der Waals surface area contributed by atoms with Gasteiger partial charge in [0.25, 0.3) is 0 Å². The van der Waals surface area contributed by atoms with Crippen molar-refractivity contribution in [2.75, 3.05) is 0 Å². The van der Waals surface area contributed by atoms with E-state index < -0.39 is 5.82 Å². The van der Waals surface area contributed by atoms with E-state index in [4.69, 9.17) is 14.6 Å². The van der Waals surface area contributed by atoms with E-state index in [1.54, 1.807) is 0 Å². The summed E-state index contributed by atoms with van der Waals surface area (Å²) < 4.78 is 9.79. The van der Waals surface area contributed by atoms with E-state index >= 15 is 0 Å². The minimum atomic E-state index is -0.713. The lowest BCUT2D eigenvalue weighted by Gasteiger charge is -1.99. The molecule has 0 saturated carbocycles. The molecule has 0 fully saturated rings. The quantitative estimate of drug-likeness (QED) is 0.856. The van der Waals surface area contributed by atoms with Gasteiger partial charge in [-0.3, -0.25) is 0 Å². The lowest BCUT2D eigenvalue weighted by Crippen LogP contribution is -1.96. The zero-order chi connectivity index (χ0) is 11.5. The summed E-state index contributed by atoms with van der Waals surface area (Å²) in [5.41, 5.74) is 7.50. The van der Waals surface area contributed by atoms with Crippen molar-refractivity contribution in [2.24, 2.45) is 5.73 Å². The van der Waals surface area contributed by atoms with Crippen LogP contribution in [0.3, 0.4) is 0 Å². The zero-order valence-corrected chi connectivity index (χ0v) is 9.03. The SMILES string of the molecule is CCc1ccc(-c2oc(=O)oc2CN)cc1. The topological polar surface area (TPSA) is 69.4 Å². The van der Waals surface area contributed by atoms with Gasteiger partial charge in [-0.25, -0.2) is 4.79 Å². The van der Waals surface area contributed by atoms with Crippen molar-refractivity contribution in [1.82, 2.24) is 0 Å². The summed E-state index contributed by atoms with van der Waals surface area (Å²) in [5, 5.41) is 0. The van der Waals surface area contributed by atoms with Crippen LogP contribution in [0.2, 0.25) is 0 Å². The molecule has 0 aliphatic carbocycles. The maximum Gasteiger partial charge on any atom is 0.519 e. The Labute approximate surface area is 92.7 Å². The highest BCUT2D eigenvalue weighted by Crippen LogP contribution is 2.23. The number of benzene rings is 1. The first-order valence-electron chi connectivity index (χ1n) is 5.16. The second-order valence-corrected chi connectivity index (χ2v) is 3.46. The molecule has 0 unspecified atom stereocenters. The van der Waals surface area contributed by atoms with Crippen molar-refractivity contribution in [3.63, 3.8) is 0 Å². The monoisotopic (exact) mass is 219 g/mol. The largest absolute Gasteiger partial charge is 0.519 e. The van der Waals surface area contributed by atoms with Crippen molar-refractivity contribution in [3.8, 4) is 11.3 Å². The minimum Gasteiger partial charge on any atom is -0.394 e. The first kappa shape index (κ1) is 10.7. The van der Waals surface area contributed by atoms with Crippen LogP contribution in [-0.4, -0.2) is 0 Å². The van der Waals surface area contributed by atoms with Crippen LogP contribution < -0.4 is 11.6 Å². The van der Waals surface area contributed by atoms with Crippen LogP contribution in [0.1, 0.15) is 18.2 Å². The molecule has 4 heteroatoms. The molecule has 0 aliphatic rings. The number of nitrogens with two attached hydrogens (primary N) is 1. The Bertz CT molecular complexity index is 522. The molecule has 84 valence electrons. The summed E-state index contributed by atoms with van der Waals surface area (Å²) in [6.45, 7) is 2.23. The summed E-state index contributed by atoms with van der Waals surface area (Å²) in [7, 11) is 0. The molecular formula is C12H13NO3. The maximum absolute atomic E-state index is 11.0. The molecule has 1 aromatic carbocycles. The fraction of sp³-hybridized carbons (Fsp3) is 0.250. The third-order valence-electron chi connectivity index (χ3n) is 2.45. The average molecular weight is 219 g/mol. The summed E-state index contributed by atoms with van der Waals surface area (Å²) >= 11 is 0. The van der Waals surface area contributed by atoms with Gasteiger partial charge in [-0.1, -0.05) is 31.2 Å². The Morgan fingerprint density at radius 2 is 1.88 bits per heavy atom. The summed E-state index contributed by atoms with van der Waals surface area (Å²) in [5.74, 6) is 0.0967. The van der Waals surface area contributed by atoms with Crippen LogP contribution in [0.15, 0.2) is 37.9 Å². The first-order chi connectivity index (χ1) is 7.74. The molecule has 2 N–H and O–H groups in total. The predicted octanol–water partition coefficient (Wildman–Crippen LogP) is 1.92. The van der Waals surface area contributed by atoms with Gasteiger partial charge in [0.05, 0.1) is 6.54 Å². The fourth-order valence-electron chi connectivity index (χ4n) is 1.55. The second-order valence-electron chi connectivity index (χ2n) is 3.46. The predicted molar refractivity (Wildman–Crippen MR) is 59.9 cm³/mol. The van der Waals surface area contributed by atoms with Gasteiger partial charge in [0, 0.05) is 5.56 Å². The number of hydrogen-bond donors (Lipinski definition) is 1. The molecule has 0 radical (unpaired) electrons. The smallest absolute Gasteiger partial charge is 0.394 e. The number of aryl methyl sites for hydroxylation is 1. The Balaban J connectivity index is 2.45. The van der Waals surface area contributed by atoms with E-state index in [1.807, 2.05) is 24.3 Å². The van der Waals surface area contributed by atoms with E-state index in [0.717, 1.165) is 12.0 Å². The van der Waals surface area contributed by atoms with E-state index in [2.05, 4.69) is 6.92 Å². The van der Waals surface area contributed by atoms with Gasteiger partial charge < -0.3 is 14.6 Å². The Morgan fingerprint density at radius 3 is 2.44 bits per heavy atom. The van der Waals surface area contributed by atoms with Crippen molar-refractivity contribution < 1.29 is 8.83 Å². The van der Waals surface area contributed by atoms with Gasteiger partial charge in [0.2, 0.25) is 0 Å². The van der Waals surface area contributed by atoms with E-state index in [9.17, 15) is 4.79 Å². The fourth-order valence-corrected chi connectivity index (χ4v) is 1.55.